The number of hydrogen-bond acceptors (Lipinski definition) is 4. The largest absolute Gasteiger partial charge is 0.368 e. The van der Waals surface area contributed by atoms with Gasteiger partial charge in [0.15, 0.2) is 5.69 Å². The molecule has 0 unspecified atom stereocenters. The van der Waals surface area contributed by atoms with E-state index < -0.39 is 11.8 Å². The van der Waals surface area contributed by atoms with Gasteiger partial charge < -0.3 is 11.1 Å². The van der Waals surface area contributed by atoms with Crippen LogP contribution in [-0.4, -0.2) is 28.1 Å². The average Bonchev–Trinajstić information content (AvgIpc) is 2.47. The molecule has 0 saturated carbocycles. The zero-order chi connectivity index (χ0) is 16.3. The number of nitrogens with one attached hydrogen (secondary N) is 1. The second kappa shape index (κ2) is 6.38. The zero-order valence-electron chi connectivity index (χ0n) is 12.5. The highest BCUT2D eigenvalue weighted by atomic mass is 16.2. The fourth-order valence-corrected chi connectivity index (χ4v) is 2.12. The molecule has 0 bridgehead atoms. The lowest BCUT2D eigenvalue weighted by atomic mass is 10.1. The van der Waals surface area contributed by atoms with Crippen molar-refractivity contribution in [2.45, 2.75) is 20.4 Å². The lowest BCUT2D eigenvalue weighted by Crippen LogP contribution is -2.36. The molecule has 2 aromatic rings. The van der Waals surface area contributed by atoms with Gasteiger partial charge in [-0.3, -0.25) is 14.4 Å². The molecule has 116 valence electrons. The van der Waals surface area contributed by atoms with Crippen molar-refractivity contribution in [3.8, 4) is 0 Å². The lowest BCUT2D eigenvalue weighted by molar-refractivity contribution is -0.117. The van der Waals surface area contributed by atoms with E-state index >= 15 is 0 Å². The van der Waals surface area contributed by atoms with E-state index in [2.05, 4.69) is 10.4 Å². The van der Waals surface area contributed by atoms with Crippen molar-refractivity contribution in [2.24, 2.45) is 11.7 Å². The van der Waals surface area contributed by atoms with Crippen molar-refractivity contribution < 1.29 is 9.59 Å². The number of rotatable bonds is 5. The van der Waals surface area contributed by atoms with Crippen molar-refractivity contribution in [3.05, 3.63) is 40.3 Å². The molecule has 0 saturated heterocycles. The second-order valence-corrected chi connectivity index (χ2v) is 5.42. The van der Waals surface area contributed by atoms with Crippen molar-refractivity contribution >= 4 is 22.6 Å². The van der Waals surface area contributed by atoms with Crippen molar-refractivity contribution in [2.75, 3.05) is 6.54 Å². The smallest absolute Gasteiger partial charge is 0.274 e. The molecular weight excluding hydrogens is 284 g/mol. The summed E-state index contributed by atoms with van der Waals surface area (Å²) in [5.41, 5.74) is 4.89. The van der Waals surface area contributed by atoms with Gasteiger partial charge in [0.2, 0.25) is 5.91 Å². The van der Waals surface area contributed by atoms with Crippen LogP contribution in [0, 0.1) is 5.92 Å². The molecule has 0 aliphatic heterocycles. The van der Waals surface area contributed by atoms with Gasteiger partial charge in [-0.1, -0.05) is 32.0 Å². The van der Waals surface area contributed by atoms with Crippen molar-refractivity contribution in [1.29, 1.82) is 0 Å². The molecule has 7 heteroatoms. The summed E-state index contributed by atoms with van der Waals surface area (Å²) in [6.45, 7) is 4.03. The summed E-state index contributed by atoms with van der Waals surface area (Å²) in [6, 6.07) is 6.76. The first kappa shape index (κ1) is 15.7. The third kappa shape index (κ3) is 3.30. The minimum atomic E-state index is -0.645. The topological polar surface area (TPSA) is 107 Å². The van der Waals surface area contributed by atoms with Crippen LogP contribution in [0.2, 0.25) is 0 Å². The molecule has 3 N–H and O–H groups in total. The van der Waals surface area contributed by atoms with E-state index in [1.54, 1.807) is 24.3 Å². The predicted octanol–water partition coefficient (Wildman–Crippen LogP) is 0.268. The maximum atomic E-state index is 12.4. The van der Waals surface area contributed by atoms with Crippen LogP contribution in [-0.2, 0) is 11.3 Å². The fourth-order valence-electron chi connectivity index (χ4n) is 2.12. The highest BCUT2D eigenvalue weighted by Crippen LogP contribution is 2.13. The maximum absolute atomic E-state index is 12.4. The van der Waals surface area contributed by atoms with Crippen LogP contribution < -0.4 is 16.6 Å². The van der Waals surface area contributed by atoms with E-state index in [0.717, 1.165) is 0 Å². The van der Waals surface area contributed by atoms with E-state index in [0.29, 0.717) is 17.3 Å². The van der Waals surface area contributed by atoms with Gasteiger partial charge in [-0.2, -0.15) is 5.10 Å². The number of fused-ring (bicyclic) bond motifs is 1. The van der Waals surface area contributed by atoms with Gasteiger partial charge in [0, 0.05) is 11.9 Å². The minimum absolute atomic E-state index is 0.108. The van der Waals surface area contributed by atoms with Gasteiger partial charge in [0.05, 0.1) is 11.9 Å². The van der Waals surface area contributed by atoms with E-state index in [1.807, 2.05) is 13.8 Å². The molecule has 0 fully saturated rings. The Bertz CT molecular complexity index is 780. The summed E-state index contributed by atoms with van der Waals surface area (Å²) in [5.74, 6) is -0.978. The van der Waals surface area contributed by atoms with Gasteiger partial charge in [-0.25, -0.2) is 4.68 Å². The molecule has 1 aromatic carbocycles. The van der Waals surface area contributed by atoms with E-state index in [1.165, 1.54) is 4.68 Å². The highest BCUT2D eigenvalue weighted by molar-refractivity contribution is 6.05. The Hall–Kier alpha value is -2.70. The van der Waals surface area contributed by atoms with Gasteiger partial charge in [0.1, 0.15) is 0 Å². The Balaban J connectivity index is 2.56. The summed E-state index contributed by atoms with van der Waals surface area (Å²) in [4.78, 5) is 35.4. The van der Waals surface area contributed by atoms with Gasteiger partial charge in [0.25, 0.3) is 11.5 Å². The van der Waals surface area contributed by atoms with E-state index in [4.69, 9.17) is 5.73 Å². The van der Waals surface area contributed by atoms with Crippen LogP contribution >= 0.6 is 0 Å². The highest BCUT2D eigenvalue weighted by Gasteiger charge is 2.17. The van der Waals surface area contributed by atoms with Crippen LogP contribution in [0.15, 0.2) is 29.1 Å². The third-order valence-electron chi connectivity index (χ3n) is 3.04. The molecule has 0 spiro atoms. The Morgan fingerprint density at radius 3 is 2.50 bits per heavy atom. The Morgan fingerprint density at radius 2 is 1.91 bits per heavy atom. The number of nitrogens with two attached hydrogens (primary N) is 1. The maximum Gasteiger partial charge on any atom is 0.274 e. The number of primary amides is 1. The molecule has 1 aromatic heterocycles. The molecule has 0 aliphatic carbocycles. The van der Waals surface area contributed by atoms with Gasteiger partial charge in [-0.15, -0.1) is 0 Å². The van der Waals surface area contributed by atoms with E-state index in [9.17, 15) is 14.4 Å². The predicted molar refractivity (Wildman–Crippen MR) is 82.4 cm³/mol. The first-order valence-corrected chi connectivity index (χ1v) is 6.96. The number of hydrogen-bond donors (Lipinski definition) is 2. The standard InChI is InChI=1S/C15H18N4O3/c1-9(2)8-19-15(22)11-6-4-3-5-10(11)13(18-19)14(21)17-7-12(16)20/h3-6,9H,7-8H2,1-2H3,(H2,16,20)(H,17,21). The van der Waals surface area contributed by atoms with Crippen LogP contribution in [0.5, 0.6) is 0 Å². The molecular formula is C15H18N4O3. The molecule has 1 heterocycles. The summed E-state index contributed by atoms with van der Waals surface area (Å²) in [7, 11) is 0. The van der Waals surface area contributed by atoms with Crippen LogP contribution in [0.3, 0.4) is 0 Å². The number of nitrogens with zero attached hydrogens (tertiary/aromatic N) is 2. The quantitative estimate of drug-likeness (QED) is 0.826. The molecule has 2 rings (SSSR count). The first-order chi connectivity index (χ1) is 10.4. The molecule has 0 atom stereocenters. The van der Waals surface area contributed by atoms with Crippen LogP contribution in [0.4, 0.5) is 0 Å². The van der Waals surface area contributed by atoms with Crippen molar-refractivity contribution in [1.82, 2.24) is 15.1 Å². The Kier molecular flexibility index (Phi) is 4.55. The summed E-state index contributed by atoms with van der Waals surface area (Å²) in [5, 5.41) is 7.43. The summed E-state index contributed by atoms with van der Waals surface area (Å²) < 4.78 is 1.28. The normalized spacial score (nSPS) is 10.9. The Labute approximate surface area is 127 Å². The van der Waals surface area contributed by atoms with Crippen molar-refractivity contribution in [3.63, 3.8) is 0 Å². The number of carbonyl (C=O) groups is 2. The number of carbonyl (C=O) groups excluding carboxylic acids is 2. The van der Waals surface area contributed by atoms with Gasteiger partial charge >= 0.3 is 0 Å². The zero-order valence-corrected chi connectivity index (χ0v) is 12.5. The average molecular weight is 302 g/mol. The summed E-state index contributed by atoms with van der Waals surface area (Å²) >= 11 is 0. The Morgan fingerprint density at radius 1 is 1.27 bits per heavy atom. The third-order valence-corrected chi connectivity index (χ3v) is 3.04. The molecule has 0 aliphatic rings. The number of benzene rings is 1. The molecule has 2 amide bonds. The minimum Gasteiger partial charge on any atom is -0.368 e. The van der Waals surface area contributed by atoms with Gasteiger partial charge in [-0.05, 0) is 12.0 Å². The molecule has 22 heavy (non-hydrogen) atoms. The number of amides is 2. The second-order valence-electron chi connectivity index (χ2n) is 5.42. The molecule has 7 nitrogen and oxygen atoms in total. The SMILES string of the molecule is CC(C)Cn1nc(C(=O)NCC(N)=O)c2ccccc2c1=O. The van der Waals surface area contributed by atoms with E-state index in [-0.39, 0.29) is 23.7 Å². The monoisotopic (exact) mass is 302 g/mol. The first-order valence-electron chi connectivity index (χ1n) is 6.96. The van der Waals surface area contributed by atoms with Crippen LogP contribution in [0.1, 0.15) is 24.3 Å². The fraction of sp³-hybridized carbons (Fsp3) is 0.333. The summed E-state index contributed by atoms with van der Waals surface area (Å²) in [6.07, 6.45) is 0. The number of aromatic nitrogens is 2. The van der Waals surface area contributed by atoms with Crippen LogP contribution in [0.25, 0.3) is 10.8 Å². The molecule has 0 radical (unpaired) electrons. The lowest BCUT2D eigenvalue weighted by Gasteiger charge is -2.12.